The van der Waals surface area contributed by atoms with E-state index in [4.69, 9.17) is 14.6 Å². The van der Waals surface area contributed by atoms with Gasteiger partial charge in [-0.15, -0.1) is 0 Å². The molecule has 5 nitrogen and oxygen atoms in total. The fourth-order valence-electron chi connectivity index (χ4n) is 3.51. The zero-order chi connectivity index (χ0) is 20.8. The van der Waals surface area contributed by atoms with Crippen LogP contribution in [-0.2, 0) is 17.8 Å². The number of carbonyl (C=O) groups is 1. The molecule has 0 bridgehead atoms. The highest BCUT2D eigenvalue weighted by Gasteiger charge is 2.12. The maximum Gasteiger partial charge on any atom is 0.303 e. The molecule has 0 radical (unpaired) electrons. The van der Waals surface area contributed by atoms with Gasteiger partial charge in [-0.25, -0.2) is 0 Å². The molecule has 0 fully saturated rings. The lowest BCUT2D eigenvalue weighted by Crippen LogP contribution is -2.13. The Balaban J connectivity index is 1.80. The van der Waals surface area contributed by atoms with Crippen molar-refractivity contribution in [3.8, 4) is 22.8 Å². The number of methoxy groups -OCH3 is 1. The van der Waals surface area contributed by atoms with Crippen molar-refractivity contribution in [2.24, 2.45) is 0 Å². The van der Waals surface area contributed by atoms with Crippen molar-refractivity contribution in [1.82, 2.24) is 4.57 Å². The lowest BCUT2D eigenvalue weighted by molar-refractivity contribution is -0.136. The first-order valence-electron chi connectivity index (χ1n) is 9.72. The zero-order valence-electron chi connectivity index (χ0n) is 17.1. The second-order valence-corrected chi connectivity index (χ2v) is 7.16. The predicted molar refractivity (Wildman–Crippen MR) is 114 cm³/mol. The highest BCUT2D eigenvalue weighted by atomic mass is 16.5. The van der Waals surface area contributed by atoms with Gasteiger partial charge < -0.3 is 19.1 Å². The topological polar surface area (TPSA) is 60.7 Å². The van der Waals surface area contributed by atoms with Crippen molar-refractivity contribution in [2.45, 2.75) is 33.2 Å². The number of aryl methyl sites for hydroxylation is 3. The Morgan fingerprint density at radius 2 is 1.66 bits per heavy atom. The third-order valence-corrected chi connectivity index (χ3v) is 4.83. The molecule has 29 heavy (non-hydrogen) atoms. The van der Waals surface area contributed by atoms with Crippen LogP contribution in [0.5, 0.6) is 11.5 Å². The number of carboxylic acids is 1. The SMILES string of the molecule is COc1ccc(-c2ccc(CCC(=O)O)n2CCOc2cc(C)cc(C)c2)cc1. The molecule has 0 aliphatic carbocycles. The third-order valence-electron chi connectivity index (χ3n) is 4.83. The number of rotatable bonds is 9. The summed E-state index contributed by atoms with van der Waals surface area (Å²) in [5.41, 5.74) is 5.42. The molecule has 1 N–H and O–H groups in total. The van der Waals surface area contributed by atoms with Crippen LogP contribution in [0.15, 0.2) is 54.6 Å². The number of nitrogens with zero attached hydrogens (tertiary/aromatic N) is 1. The van der Waals surface area contributed by atoms with Crippen molar-refractivity contribution in [2.75, 3.05) is 13.7 Å². The van der Waals surface area contributed by atoms with Gasteiger partial charge in [-0.1, -0.05) is 6.07 Å². The summed E-state index contributed by atoms with van der Waals surface area (Å²) < 4.78 is 13.4. The molecule has 0 atom stereocenters. The van der Waals surface area contributed by atoms with Crippen LogP contribution in [0.25, 0.3) is 11.3 Å². The Morgan fingerprint density at radius 3 is 2.28 bits per heavy atom. The van der Waals surface area contributed by atoms with E-state index in [0.717, 1.165) is 28.5 Å². The van der Waals surface area contributed by atoms with Gasteiger partial charge in [-0.2, -0.15) is 0 Å². The lowest BCUT2D eigenvalue weighted by atomic mass is 10.1. The predicted octanol–water partition coefficient (Wildman–Crippen LogP) is 4.88. The number of aliphatic carboxylic acids is 1. The summed E-state index contributed by atoms with van der Waals surface area (Å²) >= 11 is 0. The molecule has 0 spiro atoms. The number of aromatic nitrogens is 1. The molecule has 3 rings (SSSR count). The van der Waals surface area contributed by atoms with Crippen LogP contribution in [-0.4, -0.2) is 29.4 Å². The van der Waals surface area contributed by atoms with Crippen LogP contribution in [0.3, 0.4) is 0 Å². The first-order chi connectivity index (χ1) is 14.0. The minimum absolute atomic E-state index is 0.101. The molecule has 152 valence electrons. The molecular weight excluding hydrogens is 366 g/mol. The van der Waals surface area contributed by atoms with E-state index in [9.17, 15) is 4.79 Å². The molecule has 0 unspecified atom stereocenters. The molecule has 5 heteroatoms. The molecule has 0 saturated carbocycles. The van der Waals surface area contributed by atoms with Gasteiger partial charge in [0.1, 0.15) is 18.1 Å². The molecule has 0 aliphatic rings. The van der Waals surface area contributed by atoms with E-state index in [2.05, 4.69) is 24.5 Å². The summed E-state index contributed by atoms with van der Waals surface area (Å²) in [6.45, 7) is 5.24. The Bertz CT molecular complexity index is 953. The molecular formula is C24H27NO4. The maximum atomic E-state index is 11.0. The van der Waals surface area contributed by atoms with Gasteiger partial charge in [-0.3, -0.25) is 4.79 Å². The van der Waals surface area contributed by atoms with Gasteiger partial charge in [-0.05, 0) is 85.5 Å². The van der Waals surface area contributed by atoms with E-state index in [1.807, 2.05) is 48.5 Å². The van der Waals surface area contributed by atoms with Crippen LogP contribution >= 0.6 is 0 Å². The van der Waals surface area contributed by atoms with Crippen LogP contribution < -0.4 is 9.47 Å². The average molecular weight is 393 g/mol. The van der Waals surface area contributed by atoms with Gasteiger partial charge in [0.2, 0.25) is 0 Å². The first kappa shape index (κ1) is 20.5. The molecule has 0 amide bonds. The molecule has 1 aromatic heterocycles. The van der Waals surface area contributed by atoms with E-state index in [1.54, 1.807) is 7.11 Å². The van der Waals surface area contributed by atoms with E-state index in [0.29, 0.717) is 19.6 Å². The van der Waals surface area contributed by atoms with Crippen LogP contribution in [0, 0.1) is 13.8 Å². The number of hydrogen-bond acceptors (Lipinski definition) is 3. The smallest absolute Gasteiger partial charge is 0.303 e. The first-order valence-corrected chi connectivity index (χ1v) is 9.72. The van der Waals surface area contributed by atoms with Crippen molar-refractivity contribution in [3.05, 3.63) is 71.4 Å². The highest BCUT2D eigenvalue weighted by Crippen LogP contribution is 2.26. The minimum Gasteiger partial charge on any atom is -0.497 e. The number of ether oxygens (including phenoxy) is 2. The summed E-state index contributed by atoms with van der Waals surface area (Å²) in [6.07, 6.45) is 0.582. The second-order valence-electron chi connectivity index (χ2n) is 7.16. The van der Waals surface area contributed by atoms with Gasteiger partial charge in [0.15, 0.2) is 0 Å². The Labute approximate surface area is 171 Å². The average Bonchev–Trinajstić information content (AvgIpc) is 3.08. The van der Waals surface area contributed by atoms with Gasteiger partial charge in [0, 0.05) is 11.4 Å². The van der Waals surface area contributed by atoms with Crippen molar-refractivity contribution in [1.29, 1.82) is 0 Å². The van der Waals surface area contributed by atoms with Crippen LogP contribution in [0.1, 0.15) is 23.2 Å². The third kappa shape index (κ3) is 5.41. The molecule has 1 heterocycles. The standard InChI is InChI=1S/C24H27NO4/c1-17-14-18(2)16-22(15-17)29-13-12-25-20(7-11-24(26)27)6-10-23(25)19-4-8-21(28-3)9-5-19/h4-6,8-10,14-16H,7,11-13H2,1-3H3,(H,26,27). The molecule has 0 saturated heterocycles. The summed E-state index contributed by atoms with van der Waals surface area (Å²) in [7, 11) is 1.64. The summed E-state index contributed by atoms with van der Waals surface area (Å²) in [5.74, 6) is 0.860. The Hall–Kier alpha value is -3.21. The Morgan fingerprint density at radius 1 is 0.966 bits per heavy atom. The quantitative estimate of drug-likeness (QED) is 0.563. The van der Waals surface area contributed by atoms with Gasteiger partial charge in [0.25, 0.3) is 0 Å². The molecule has 3 aromatic rings. The lowest BCUT2D eigenvalue weighted by Gasteiger charge is -2.15. The Kier molecular flexibility index (Phi) is 6.60. The number of benzene rings is 2. The number of hydrogen-bond donors (Lipinski definition) is 1. The second kappa shape index (κ2) is 9.32. The van der Waals surface area contributed by atoms with E-state index in [1.165, 1.54) is 11.1 Å². The summed E-state index contributed by atoms with van der Waals surface area (Å²) in [6, 6.07) is 18.1. The fraction of sp³-hybridized carbons (Fsp3) is 0.292. The van der Waals surface area contributed by atoms with E-state index in [-0.39, 0.29) is 6.42 Å². The molecule has 2 aromatic carbocycles. The maximum absolute atomic E-state index is 11.0. The summed E-state index contributed by atoms with van der Waals surface area (Å²) in [4.78, 5) is 11.0. The van der Waals surface area contributed by atoms with Crippen LogP contribution in [0.2, 0.25) is 0 Å². The monoisotopic (exact) mass is 393 g/mol. The largest absolute Gasteiger partial charge is 0.497 e. The molecule has 0 aliphatic heterocycles. The van der Waals surface area contributed by atoms with Crippen molar-refractivity contribution < 1.29 is 19.4 Å². The zero-order valence-corrected chi connectivity index (χ0v) is 17.1. The highest BCUT2D eigenvalue weighted by molar-refractivity contribution is 5.67. The van der Waals surface area contributed by atoms with Gasteiger partial charge >= 0.3 is 5.97 Å². The van der Waals surface area contributed by atoms with Gasteiger partial charge in [0.05, 0.1) is 20.1 Å². The van der Waals surface area contributed by atoms with Crippen molar-refractivity contribution >= 4 is 5.97 Å². The fourth-order valence-corrected chi connectivity index (χ4v) is 3.51. The normalized spacial score (nSPS) is 10.7. The van der Waals surface area contributed by atoms with Crippen molar-refractivity contribution in [3.63, 3.8) is 0 Å². The minimum atomic E-state index is -0.796. The van der Waals surface area contributed by atoms with E-state index >= 15 is 0 Å². The van der Waals surface area contributed by atoms with Crippen LogP contribution in [0.4, 0.5) is 0 Å². The van der Waals surface area contributed by atoms with E-state index < -0.39 is 5.97 Å². The summed E-state index contributed by atoms with van der Waals surface area (Å²) in [5, 5.41) is 9.08. The number of carboxylic acid groups (broad SMARTS) is 1.